The van der Waals surface area contributed by atoms with Gasteiger partial charge in [-0.2, -0.15) is 0 Å². The molecule has 0 aliphatic carbocycles. The van der Waals surface area contributed by atoms with Gasteiger partial charge in [0.2, 0.25) is 0 Å². The molecule has 4 nitrogen and oxygen atoms in total. The molecule has 3 rings (SSSR count). The van der Waals surface area contributed by atoms with Crippen molar-refractivity contribution in [3.8, 4) is 5.75 Å². The van der Waals surface area contributed by atoms with Gasteiger partial charge in [0.25, 0.3) is 0 Å². The molecule has 4 heteroatoms. The third-order valence-corrected chi connectivity index (χ3v) is 3.72. The number of aliphatic hydroxyl groups is 1. The van der Waals surface area contributed by atoms with Gasteiger partial charge in [-0.3, -0.25) is 4.98 Å². The Balaban J connectivity index is 1.80. The quantitative estimate of drug-likeness (QED) is 0.906. The number of fused-ring (bicyclic) bond motifs is 1. The van der Waals surface area contributed by atoms with Crippen molar-refractivity contribution >= 4 is 5.69 Å². The van der Waals surface area contributed by atoms with Crippen LogP contribution in [0.1, 0.15) is 30.5 Å². The number of aliphatic hydroxyl groups excluding tert-OH is 1. The molecule has 0 bridgehead atoms. The van der Waals surface area contributed by atoms with Crippen LogP contribution in [-0.2, 0) is 19.6 Å². The summed E-state index contributed by atoms with van der Waals surface area (Å²) in [5.41, 5.74) is 3.95. The van der Waals surface area contributed by atoms with Gasteiger partial charge in [0.15, 0.2) is 0 Å². The van der Waals surface area contributed by atoms with Crippen molar-refractivity contribution < 1.29 is 9.84 Å². The van der Waals surface area contributed by atoms with E-state index in [1.807, 2.05) is 6.07 Å². The van der Waals surface area contributed by atoms with Crippen LogP contribution >= 0.6 is 0 Å². The fraction of sp³-hybridized carbons (Fsp3) is 0.353. The molecule has 0 saturated carbocycles. The minimum Gasteiger partial charge on any atom is -0.487 e. The molecule has 0 amide bonds. The largest absolute Gasteiger partial charge is 0.487 e. The second-order valence-electron chi connectivity index (χ2n) is 5.99. The van der Waals surface area contributed by atoms with Crippen molar-refractivity contribution in [1.82, 2.24) is 4.98 Å². The van der Waals surface area contributed by atoms with E-state index in [4.69, 9.17) is 4.74 Å². The number of ether oxygens (including phenoxy) is 1. The van der Waals surface area contributed by atoms with E-state index in [0.29, 0.717) is 6.54 Å². The summed E-state index contributed by atoms with van der Waals surface area (Å²) in [4.78, 5) is 4.10. The van der Waals surface area contributed by atoms with Crippen molar-refractivity contribution in [2.45, 2.75) is 39.0 Å². The van der Waals surface area contributed by atoms with Gasteiger partial charge in [-0.1, -0.05) is 18.2 Å². The highest BCUT2D eigenvalue weighted by Gasteiger charge is 2.31. The predicted octanol–water partition coefficient (Wildman–Crippen LogP) is 2.90. The number of hydrogen-bond donors (Lipinski definition) is 2. The van der Waals surface area contributed by atoms with Gasteiger partial charge in [0, 0.05) is 30.3 Å². The van der Waals surface area contributed by atoms with Gasteiger partial charge in [-0.15, -0.1) is 0 Å². The van der Waals surface area contributed by atoms with Crippen molar-refractivity contribution in [1.29, 1.82) is 0 Å². The monoisotopic (exact) mass is 284 g/mol. The zero-order valence-corrected chi connectivity index (χ0v) is 12.4. The van der Waals surface area contributed by atoms with E-state index in [1.54, 1.807) is 12.4 Å². The lowest BCUT2D eigenvalue weighted by Crippen LogP contribution is -2.25. The normalized spacial score (nSPS) is 15.4. The highest BCUT2D eigenvalue weighted by atomic mass is 16.5. The summed E-state index contributed by atoms with van der Waals surface area (Å²) in [6, 6.07) is 8.08. The third kappa shape index (κ3) is 2.85. The van der Waals surface area contributed by atoms with Crippen molar-refractivity contribution in [2.24, 2.45) is 0 Å². The van der Waals surface area contributed by atoms with Gasteiger partial charge < -0.3 is 15.2 Å². The number of anilines is 1. The molecule has 1 aromatic heterocycles. The summed E-state index contributed by atoms with van der Waals surface area (Å²) in [6.45, 7) is 4.86. The highest BCUT2D eigenvalue weighted by molar-refractivity contribution is 5.52. The number of nitrogens with zero attached hydrogens (tertiary/aromatic N) is 1. The number of pyridine rings is 1. The van der Waals surface area contributed by atoms with Crippen molar-refractivity contribution in [3.05, 3.63) is 53.3 Å². The van der Waals surface area contributed by atoms with Crippen molar-refractivity contribution in [2.75, 3.05) is 5.32 Å². The minimum absolute atomic E-state index is 0.00127. The molecular weight excluding hydrogens is 264 g/mol. The Labute approximate surface area is 124 Å². The average molecular weight is 284 g/mol. The molecule has 2 heterocycles. The van der Waals surface area contributed by atoms with E-state index in [2.05, 4.69) is 42.3 Å². The second kappa shape index (κ2) is 5.37. The van der Waals surface area contributed by atoms with Gasteiger partial charge in [0.1, 0.15) is 11.4 Å². The van der Waals surface area contributed by atoms with Crippen LogP contribution in [0.2, 0.25) is 0 Å². The first-order valence-corrected chi connectivity index (χ1v) is 7.16. The zero-order chi connectivity index (χ0) is 14.9. The SMILES string of the molecule is CC1(C)Cc2cccc(CNc3cnccc3CO)c2O1. The second-order valence-corrected chi connectivity index (χ2v) is 5.99. The van der Waals surface area contributed by atoms with Gasteiger partial charge in [0.05, 0.1) is 18.5 Å². The summed E-state index contributed by atoms with van der Waals surface area (Å²) in [6.07, 6.45) is 4.35. The van der Waals surface area contributed by atoms with E-state index < -0.39 is 0 Å². The summed E-state index contributed by atoms with van der Waals surface area (Å²) in [7, 11) is 0. The number of aromatic nitrogens is 1. The summed E-state index contributed by atoms with van der Waals surface area (Å²) in [5.74, 6) is 0.990. The summed E-state index contributed by atoms with van der Waals surface area (Å²) < 4.78 is 6.07. The van der Waals surface area contributed by atoms with Crippen LogP contribution in [0.4, 0.5) is 5.69 Å². The molecule has 0 spiro atoms. The number of nitrogens with one attached hydrogen (secondary N) is 1. The number of rotatable bonds is 4. The fourth-order valence-corrected chi connectivity index (χ4v) is 2.73. The van der Waals surface area contributed by atoms with Crippen LogP contribution in [0.3, 0.4) is 0 Å². The molecule has 2 N–H and O–H groups in total. The standard InChI is InChI=1S/C17H20N2O2/c1-17(2)8-12-4-3-5-13(16(12)21-17)9-19-15-10-18-7-6-14(15)11-20/h3-7,10,19-20H,8-9,11H2,1-2H3. The molecule has 1 aromatic carbocycles. The van der Waals surface area contributed by atoms with Gasteiger partial charge in [-0.25, -0.2) is 0 Å². The van der Waals surface area contributed by atoms with Crippen LogP contribution in [-0.4, -0.2) is 15.7 Å². The van der Waals surface area contributed by atoms with E-state index in [-0.39, 0.29) is 12.2 Å². The Morgan fingerprint density at radius 3 is 2.95 bits per heavy atom. The van der Waals surface area contributed by atoms with Crippen LogP contribution in [0.25, 0.3) is 0 Å². The Bertz CT molecular complexity index is 653. The van der Waals surface area contributed by atoms with Crippen LogP contribution in [0, 0.1) is 0 Å². The molecular formula is C17H20N2O2. The summed E-state index contributed by atoms with van der Waals surface area (Å²) >= 11 is 0. The van der Waals surface area contributed by atoms with E-state index in [9.17, 15) is 5.11 Å². The highest BCUT2D eigenvalue weighted by Crippen LogP contribution is 2.37. The topological polar surface area (TPSA) is 54.4 Å². The Morgan fingerprint density at radius 2 is 2.14 bits per heavy atom. The molecule has 2 aromatic rings. The molecule has 1 aliphatic heterocycles. The Morgan fingerprint density at radius 1 is 1.29 bits per heavy atom. The maximum atomic E-state index is 9.35. The van der Waals surface area contributed by atoms with Crippen LogP contribution in [0.5, 0.6) is 5.75 Å². The zero-order valence-electron chi connectivity index (χ0n) is 12.4. The first-order valence-electron chi connectivity index (χ1n) is 7.16. The van der Waals surface area contributed by atoms with Crippen molar-refractivity contribution in [3.63, 3.8) is 0 Å². The molecule has 0 radical (unpaired) electrons. The molecule has 0 saturated heterocycles. The molecule has 0 fully saturated rings. The first-order chi connectivity index (χ1) is 10.1. The van der Waals surface area contributed by atoms with E-state index in [1.165, 1.54) is 5.56 Å². The van der Waals surface area contributed by atoms with E-state index >= 15 is 0 Å². The van der Waals surface area contributed by atoms with Crippen LogP contribution in [0.15, 0.2) is 36.7 Å². The van der Waals surface area contributed by atoms with Gasteiger partial charge in [-0.05, 0) is 25.5 Å². The maximum Gasteiger partial charge on any atom is 0.128 e. The Hall–Kier alpha value is -2.07. The molecule has 1 aliphatic rings. The average Bonchev–Trinajstić information content (AvgIpc) is 2.79. The van der Waals surface area contributed by atoms with Crippen LogP contribution < -0.4 is 10.1 Å². The van der Waals surface area contributed by atoms with E-state index in [0.717, 1.165) is 29.0 Å². The molecule has 110 valence electrons. The first kappa shape index (κ1) is 13.9. The lowest BCUT2D eigenvalue weighted by molar-refractivity contribution is 0.137. The number of benzene rings is 1. The Kier molecular flexibility index (Phi) is 3.55. The maximum absolute atomic E-state index is 9.35. The summed E-state index contributed by atoms with van der Waals surface area (Å²) in [5, 5.41) is 12.7. The number of hydrogen-bond acceptors (Lipinski definition) is 4. The fourth-order valence-electron chi connectivity index (χ4n) is 2.73. The molecule has 0 unspecified atom stereocenters. The molecule has 0 atom stereocenters. The minimum atomic E-state index is -0.136. The smallest absolute Gasteiger partial charge is 0.128 e. The number of para-hydroxylation sites is 1. The lowest BCUT2D eigenvalue weighted by Gasteiger charge is -2.18. The van der Waals surface area contributed by atoms with Gasteiger partial charge >= 0.3 is 0 Å². The molecule has 21 heavy (non-hydrogen) atoms. The lowest BCUT2D eigenvalue weighted by atomic mass is 10.0. The predicted molar refractivity (Wildman–Crippen MR) is 82.3 cm³/mol. The third-order valence-electron chi connectivity index (χ3n) is 3.72.